The van der Waals surface area contributed by atoms with E-state index < -0.39 is 0 Å². The molecule has 0 spiro atoms. The molecule has 2 aromatic heterocycles. The van der Waals surface area contributed by atoms with Crippen LogP contribution in [0.3, 0.4) is 0 Å². The highest BCUT2D eigenvalue weighted by Crippen LogP contribution is 2.25. The standard InChI is InChI=1S/C16H14ClN3/c1-10(17)14-9-19-16(20-11(14)2)13-5-6-15-12(8-13)4-3-7-18-15/h3-10H,1-2H3. The second kappa shape index (κ2) is 5.17. The first kappa shape index (κ1) is 13.0. The highest BCUT2D eigenvalue weighted by atomic mass is 35.5. The molecular weight excluding hydrogens is 270 g/mol. The zero-order chi connectivity index (χ0) is 14.1. The monoisotopic (exact) mass is 283 g/mol. The van der Waals surface area contributed by atoms with Gasteiger partial charge in [0.1, 0.15) is 0 Å². The summed E-state index contributed by atoms with van der Waals surface area (Å²) < 4.78 is 0. The molecule has 4 heteroatoms. The molecule has 3 rings (SSSR count). The fraction of sp³-hybridized carbons (Fsp3) is 0.188. The van der Waals surface area contributed by atoms with Gasteiger partial charge in [-0.05, 0) is 38.1 Å². The van der Waals surface area contributed by atoms with Crippen molar-refractivity contribution in [3.63, 3.8) is 0 Å². The molecule has 2 heterocycles. The summed E-state index contributed by atoms with van der Waals surface area (Å²) in [6.45, 7) is 3.89. The van der Waals surface area contributed by atoms with E-state index in [1.807, 2.05) is 44.3 Å². The molecule has 1 unspecified atom stereocenters. The number of rotatable bonds is 2. The summed E-state index contributed by atoms with van der Waals surface area (Å²) in [6, 6.07) is 10.0. The van der Waals surface area contributed by atoms with Crippen LogP contribution in [0.4, 0.5) is 0 Å². The molecule has 0 bridgehead atoms. The molecule has 1 atom stereocenters. The van der Waals surface area contributed by atoms with Crippen LogP contribution < -0.4 is 0 Å². The van der Waals surface area contributed by atoms with Gasteiger partial charge in [-0.25, -0.2) is 9.97 Å². The minimum Gasteiger partial charge on any atom is -0.256 e. The molecule has 0 saturated heterocycles. The third kappa shape index (κ3) is 2.37. The van der Waals surface area contributed by atoms with Crippen molar-refractivity contribution >= 4 is 22.5 Å². The van der Waals surface area contributed by atoms with E-state index in [1.165, 1.54) is 0 Å². The predicted molar refractivity (Wildman–Crippen MR) is 81.8 cm³/mol. The number of halogens is 1. The topological polar surface area (TPSA) is 38.7 Å². The van der Waals surface area contributed by atoms with Crippen LogP contribution in [0, 0.1) is 6.92 Å². The largest absolute Gasteiger partial charge is 0.256 e. The summed E-state index contributed by atoms with van der Waals surface area (Å²) in [7, 11) is 0. The molecule has 0 N–H and O–H groups in total. The molecule has 0 aliphatic rings. The van der Waals surface area contributed by atoms with Crippen molar-refractivity contribution in [2.75, 3.05) is 0 Å². The Morgan fingerprint density at radius 1 is 1.15 bits per heavy atom. The van der Waals surface area contributed by atoms with Gasteiger partial charge >= 0.3 is 0 Å². The SMILES string of the molecule is Cc1nc(-c2ccc3ncccc3c2)ncc1C(C)Cl. The van der Waals surface area contributed by atoms with Gasteiger partial charge < -0.3 is 0 Å². The van der Waals surface area contributed by atoms with Crippen LogP contribution in [0.5, 0.6) is 0 Å². The molecule has 20 heavy (non-hydrogen) atoms. The van der Waals surface area contributed by atoms with E-state index in [4.69, 9.17) is 11.6 Å². The lowest BCUT2D eigenvalue weighted by atomic mass is 10.1. The highest BCUT2D eigenvalue weighted by Gasteiger charge is 2.10. The Morgan fingerprint density at radius 2 is 2.00 bits per heavy atom. The number of pyridine rings is 1. The Kier molecular flexibility index (Phi) is 3.36. The van der Waals surface area contributed by atoms with Crippen LogP contribution >= 0.6 is 11.6 Å². The zero-order valence-electron chi connectivity index (χ0n) is 11.3. The van der Waals surface area contributed by atoms with Crippen LogP contribution in [0.15, 0.2) is 42.7 Å². The third-order valence-corrected chi connectivity index (χ3v) is 3.54. The molecule has 0 amide bonds. The van der Waals surface area contributed by atoms with Crippen molar-refractivity contribution in [1.29, 1.82) is 0 Å². The summed E-state index contributed by atoms with van der Waals surface area (Å²) in [5, 5.41) is 1.01. The lowest BCUT2D eigenvalue weighted by molar-refractivity contribution is 0.976. The maximum absolute atomic E-state index is 6.10. The number of alkyl halides is 1. The van der Waals surface area contributed by atoms with E-state index in [1.54, 1.807) is 6.20 Å². The first-order valence-electron chi connectivity index (χ1n) is 6.48. The van der Waals surface area contributed by atoms with Gasteiger partial charge in [-0.2, -0.15) is 0 Å². The summed E-state index contributed by atoms with van der Waals surface area (Å²) in [6.07, 6.45) is 3.60. The van der Waals surface area contributed by atoms with Crippen molar-refractivity contribution in [2.45, 2.75) is 19.2 Å². The summed E-state index contributed by atoms with van der Waals surface area (Å²) >= 11 is 6.10. The molecule has 3 aromatic rings. The Bertz CT molecular complexity index is 769. The number of nitrogens with zero attached hydrogens (tertiary/aromatic N) is 3. The Morgan fingerprint density at radius 3 is 2.75 bits per heavy atom. The van der Waals surface area contributed by atoms with Crippen LogP contribution in [-0.2, 0) is 0 Å². The van der Waals surface area contributed by atoms with Crippen molar-refractivity contribution in [1.82, 2.24) is 15.0 Å². The minimum absolute atomic E-state index is 0.0788. The van der Waals surface area contributed by atoms with Crippen molar-refractivity contribution in [3.8, 4) is 11.4 Å². The van der Waals surface area contributed by atoms with Crippen molar-refractivity contribution in [2.24, 2.45) is 0 Å². The fourth-order valence-corrected chi connectivity index (χ4v) is 2.43. The van der Waals surface area contributed by atoms with E-state index in [0.717, 1.165) is 27.7 Å². The van der Waals surface area contributed by atoms with Crippen molar-refractivity contribution in [3.05, 3.63) is 54.0 Å². The molecule has 0 aliphatic carbocycles. The van der Waals surface area contributed by atoms with E-state index in [2.05, 4.69) is 21.0 Å². The second-order valence-corrected chi connectivity index (χ2v) is 5.42. The zero-order valence-corrected chi connectivity index (χ0v) is 12.1. The summed E-state index contributed by atoms with van der Waals surface area (Å²) in [5.41, 5.74) is 3.85. The van der Waals surface area contributed by atoms with E-state index in [-0.39, 0.29) is 5.38 Å². The maximum Gasteiger partial charge on any atom is 0.159 e. The average Bonchev–Trinajstić information content (AvgIpc) is 2.46. The molecular formula is C16H14ClN3. The molecule has 0 radical (unpaired) electrons. The van der Waals surface area contributed by atoms with E-state index in [0.29, 0.717) is 5.82 Å². The molecule has 0 fully saturated rings. The van der Waals surface area contributed by atoms with Gasteiger partial charge in [0.25, 0.3) is 0 Å². The lowest BCUT2D eigenvalue weighted by Crippen LogP contribution is -1.98. The normalized spacial score (nSPS) is 12.6. The smallest absolute Gasteiger partial charge is 0.159 e. The lowest BCUT2D eigenvalue weighted by Gasteiger charge is -2.08. The number of hydrogen-bond acceptors (Lipinski definition) is 3. The average molecular weight is 284 g/mol. The Labute approximate surface area is 122 Å². The van der Waals surface area contributed by atoms with Crippen molar-refractivity contribution < 1.29 is 0 Å². The molecule has 0 aliphatic heterocycles. The number of aryl methyl sites for hydroxylation is 1. The number of hydrogen-bond donors (Lipinski definition) is 0. The first-order chi connectivity index (χ1) is 9.65. The van der Waals surface area contributed by atoms with E-state index in [9.17, 15) is 0 Å². The van der Waals surface area contributed by atoms with Gasteiger partial charge in [0.15, 0.2) is 5.82 Å². The van der Waals surface area contributed by atoms with Crippen LogP contribution in [0.1, 0.15) is 23.6 Å². The Hall–Kier alpha value is -2.00. The summed E-state index contributed by atoms with van der Waals surface area (Å²) in [5.74, 6) is 0.717. The van der Waals surface area contributed by atoms with Gasteiger partial charge in [-0.1, -0.05) is 6.07 Å². The Balaban J connectivity index is 2.08. The van der Waals surface area contributed by atoms with Gasteiger partial charge in [0.2, 0.25) is 0 Å². The molecule has 0 saturated carbocycles. The quantitative estimate of drug-likeness (QED) is 0.658. The maximum atomic E-state index is 6.10. The van der Waals surface area contributed by atoms with Crippen LogP contribution in [0.2, 0.25) is 0 Å². The second-order valence-electron chi connectivity index (χ2n) is 4.76. The van der Waals surface area contributed by atoms with Gasteiger partial charge in [0, 0.05) is 34.6 Å². The molecule has 100 valence electrons. The summed E-state index contributed by atoms with van der Waals surface area (Å²) in [4.78, 5) is 13.3. The van der Waals surface area contributed by atoms with Gasteiger partial charge in [0.05, 0.1) is 10.9 Å². The van der Waals surface area contributed by atoms with Crippen LogP contribution in [0.25, 0.3) is 22.3 Å². The van der Waals surface area contributed by atoms with Crippen LogP contribution in [-0.4, -0.2) is 15.0 Å². The number of fused-ring (bicyclic) bond motifs is 1. The van der Waals surface area contributed by atoms with Gasteiger partial charge in [-0.15, -0.1) is 11.6 Å². The predicted octanol–water partition coefficient (Wildman–Crippen LogP) is 4.30. The number of benzene rings is 1. The first-order valence-corrected chi connectivity index (χ1v) is 6.91. The van der Waals surface area contributed by atoms with E-state index >= 15 is 0 Å². The number of aromatic nitrogens is 3. The third-order valence-electron chi connectivity index (χ3n) is 3.31. The fourth-order valence-electron chi connectivity index (χ4n) is 2.22. The minimum atomic E-state index is -0.0788. The van der Waals surface area contributed by atoms with Gasteiger partial charge in [-0.3, -0.25) is 4.98 Å². The highest BCUT2D eigenvalue weighted by molar-refractivity contribution is 6.20. The molecule has 1 aromatic carbocycles. The molecule has 3 nitrogen and oxygen atoms in total.